The van der Waals surface area contributed by atoms with Gasteiger partial charge in [0.2, 0.25) is 5.91 Å². The number of anilines is 1. The molecule has 0 atom stereocenters. The fourth-order valence-corrected chi connectivity index (χ4v) is 4.20. The third-order valence-electron chi connectivity index (χ3n) is 4.66. The number of nitrogens with zero attached hydrogens (tertiary/aromatic N) is 1. The lowest BCUT2D eigenvalue weighted by Crippen LogP contribution is -2.27. The lowest BCUT2D eigenvalue weighted by atomic mass is 10.1. The third kappa shape index (κ3) is 4.72. The van der Waals surface area contributed by atoms with Crippen LogP contribution in [-0.4, -0.2) is 23.8 Å². The largest absolute Gasteiger partial charge is 0.451 e. The molecule has 0 aliphatic heterocycles. The summed E-state index contributed by atoms with van der Waals surface area (Å²) >= 11 is 7.41. The summed E-state index contributed by atoms with van der Waals surface area (Å²) < 4.78 is 6.30. The lowest BCUT2D eigenvalue weighted by molar-refractivity contribution is -0.129. The molecule has 0 saturated carbocycles. The minimum atomic E-state index is -0.315. The molecule has 2 amide bonds. The van der Waals surface area contributed by atoms with E-state index in [9.17, 15) is 9.59 Å². The van der Waals surface area contributed by atoms with E-state index in [4.69, 9.17) is 16.0 Å². The van der Waals surface area contributed by atoms with Gasteiger partial charge in [0.1, 0.15) is 5.58 Å². The van der Waals surface area contributed by atoms with Crippen LogP contribution in [0, 0.1) is 0 Å². The van der Waals surface area contributed by atoms with Crippen molar-refractivity contribution in [2.75, 3.05) is 12.4 Å². The Balaban J connectivity index is 1.35. The summed E-state index contributed by atoms with van der Waals surface area (Å²) in [5.41, 5.74) is 2.18. The number of hydrogen-bond acceptors (Lipinski definition) is 4. The highest BCUT2D eigenvalue weighted by Gasteiger charge is 2.14. The van der Waals surface area contributed by atoms with Crippen molar-refractivity contribution in [1.29, 1.82) is 0 Å². The van der Waals surface area contributed by atoms with Gasteiger partial charge in [0.05, 0.1) is 17.3 Å². The Bertz CT molecular complexity index is 1160. The topological polar surface area (TPSA) is 62.6 Å². The van der Waals surface area contributed by atoms with E-state index >= 15 is 0 Å². The van der Waals surface area contributed by atoms with Crippen molar-refractivity contribution in [2.24, 2.45) is 0 Å². The van der Waals surface area contributed by atoms with Crippen molar-refractivity contribution in [3.8, 4) is 0 Å². The van der Waals surface area contributed by atoms with Crippen LogP contribution in [0.15, 0.2) is 71.1 Å². The lowest BCUT2D eigenvalue weighted by Gasteiger charge is -2.16. The third-order valence-corrected chi connectivity index (χ3v) is 5.88. The first-order chi connectivity index (χ1) is 14.5. The van der Waals surface area contributed by atoms with E-state index in [0.717, 1.165) is 15.8 Å². The first-order valence-corrected chi connectivity index (χ1v) is 10.5. The van der Waals surface area contributed by atoms with Gasteiger partial charge in [0.25, 0.3) is 5.91 Å². The summed E-state index contributed by atoms with van der Waals surface area (Å²) in [5.74, 6) is -0.0475. The maximum Gasteiger partial charge on any atom is 0.291 e. The zero-order valence-corrected chi connectivity index (χ0v) is 17.8. The van der Waals surface area contributed by atoms with E-state index in [1.54, 1.807) is 30.1 Å². The van der Waals surface area contributed by atoms with Gasteiger partial charge in [-0.15, -0.1) is 11.3 Å². The molecule has 152 valence electrons. The molecule has 2 heterocycles. The molecular weight excluding hydrogens is 420 g/mol. The number of hydrogen-bond donors (Lipinski definition) is 1. The van der Waals surface area contributed by atoms with Gasteiger partial charge in [-0.3, -0.25) is 9.59 Å². The number of para-hydroxylation sites is 1. The molecule has 0 unspecified atom stereocenters. The zero-order valence-electron chi connectivity index (χ0n) is 16.2. The summed E-state index contributed by atoms with van der Waals surface area (Å²) in [5, 5.41) is 3.70. The Labute approximate surface area is 182 Å². The summed E-state index contributed by atoms with van der Waals surface area (Å²) in [7, 11) is 1.78. The van der Waals surface area contributed by atoms with Crippen molar-refractivity contribution < 1.29 is 14.0 Å². The van der Waals surface area contributed by atoms with Crippen molar-refractivity contribution >= 4 is 51.4 Å². The van der Waals surface area contributed by atoms with Crippen LogP contribution in [0.5, 0.6) is 0 Å². The molecule has 1 N–H and O–H groups in total. The van der Waals surface area contributed by atoms with Crippen LogP contribution in [-0.2, 0) is 17.8 Å². The molecule has 5 nitrogen and oxygen atoms in total. The Morgan fingerprint density at radius 2 is 1.83 bits per heavy atom. The van der Waals surface area contributed by atoms with Crippen molar-refractivity contribution in [3.05, 3.63) is 87.3 Å². The maximum atomic E-state index is 12.5. The van der Waals surface area contributed by atoms with Crippen LogP contribution in [0.4, 0.5) is 5.69 Å². The minimum absolute atomic E-state index is 0.0126. The molecule has 2 aromatic heterocycles. The van der Waals surface area contributed by atoms with Crippen molar-refractivity contribution in [2.45, 2.75) is 13.0 Å². The smallest absolute Gasteiger partial charge is 0.291 e. The summed E-state index contributed by atoms with van der Waals surface area (Å²) in [6.07, 6.45) is 0.285. The Kier molecular flexibility index (Phi) is 5.88. The second kappa shape index (κ2) is 8.73. The summed E-state index contributed by atoms with van der Waals surface area (Å²) in [4.78, 5) is 27.6. The Morgan fingerprint density at radius 1 is 1.07 bits per heavy atom. The van der Waals surface area contributed by atoms with Gasteiger partial charge in [-0.05, 0) is 42.0 Å². The molecule has 0 spiro atoms. The molecule has 30 heavy (non-hydrogen) atoms. The average molecular weight is 439 g/mol. The molecule has 0 fully saturated rings. The number of amides is 2. The molecular formula is C23H19ClN2O3S. The number of carbonyl (C=O) groups is 2. The minimum Gasteiger partial charge on any atom is -0.451 e. The molecule has 0 radical (unpaired) electrons. The SMILES string of the molecule is CN(Cc1ccc(Cl)s1)C(=O)Cc1ccc(NC(=O)c2cc3ccccc3o2)cc1. The van der Waals surface area contributed by atoms with E-state index in [-0.39, 0.29) is 24.0 Å². The van der Waals surface area contributed by atoms with Gasteiger partial charge < -0.3 is 14.6 Å². The van der Waals surface area contributed by atoms with Crippen LogP contribution < -0.4 is 5.32 Å². The fraction of sp³-hybridized carbons (Fsp3) is 0.130. The Morgan fingerprint density at radius 3 is 2.53 bits per heavy atom. The average Bonchev–Trinajstić information content (AvgIpc) is 3.35. The van der Waals surface area contributed by atoms with Crippen LogP contribution in [0.3, 0.4) is 0 Å². The van der Waals surface area contributed by atoms with Crippen LogP contribution in [0.2, 0.25) is 4.34 Å². The van der Waals surface area contributed by atoms with Gasteiger partial charge in [0.15, 0.2) is 5.76 Å². The zero-order chi connectivity index (χ0) is 21.1. The van der Waals surface area contributed by atoms with Crippen molar-refractivity contribution in [3.63, 3.8) is 0 Å². The quantitative estimate of drug-likeness (QED) is 0.426. The van der Waals surface area contributed by atoms with E-state index in [0.29, 0.717) is 22.2 Å². The van der Waals surface area contributed by atoms with E-state index in [1.807, 2.05) is 48.5 Å². The van der Waals surface area contributed by atoms with Crippen molar-refractivity contribution in [1.82, 2.24) is 4.90 Å². The monoisotopic (exact) mass is 438 g/mol. The number of thiophene rings is 1. The second-order valence-corrected chi connectivity index (χ2v) is 8.73. The van der Waals surface area contributed by atoms with Gasteiger partial charge in [-0.2, -0.15) is 0 Å². The predicted octanol–water partition coefficient (Wildman–Crippen LogP) is 5.60. The highest BCUT2D eigenvalue weighted by atomic mass is 35.5. The van der Waals surface area contributed by atoms with Gasteiger partial charge >= 0.3 is 0 Å². The standard InChI is InChI=1S/C23H19ClN2O3S/c1-26(14-18-10-11-21(24)30-18)22(27)12-15-6-8-17(9-7-15)25-23(28)20-13-16-4-2-3-5-19(16)29-20/h2-11,13H,12,14H2,1H3,(H,25,28). The molecule has 0 saturated heterocycles. The first kappa shape index (κ1) is 20.2. The highest BCUT2D eigenvalue weighted by molar-refractivity contribution is 7.16. The maximum absolute atomic E-state index is 12.5. The van der Waals surface area contributed by atoms with Crippen LogP contribution >= 0.6 is 22.9 Å². The summed E-state index contributed by atoms with van der Waals surface area (Å²) in [6.45, 7) is 0.530. The van der Waals surface area contributed by atoms with E-state index < -0.39 is 0 Å². The van der Waals surface area contributed by atoms with Crippen LogP contribution in [0.25, 0.3) is 11.0 Å². The predicted molar refractivity (Wildman–Crippen MR) is 120 cm³/mol. The normalized spacial score (nSPS) is 10.9. The molecule has 4 aromatic rings. The number of halogens is 1. The number of fused-ring (bicyclic) bond motifs is 1. The number of furan rings is 1. The number of benzene rings is 2. The fourth-order valence-electron chi connectivity index (χ4n) is 3.06. The number of likely N-dealkylation sites (N-methyl/N-ethyl adjacent to an activating group) is 1. The van der Waals surface area contributed by atoms with Crippen LogP contribution in [0.1, 0.15) is 21.0 Å². The molecule has 0 bridgehead atoms. The molecule has 0 aliphatic carbocycles. The summed E-state index contributed by atoms with van der Waals surface area (Å²) in [6, 6.07) is 20.2. The highest BCUT2D eigenvalue weighted by Crippen LogP contribution is 2.23. The first-order valence-electron chi connectivity index (χ1n) is 9.35. The second-order valence-electron chi connectivity index (χ2n) is 6.93. The molecule has 7 heteroatoms. The van der Waals surface area contributed by atoms with E-state index in [1.165, 1.54) is 11.3 Å². The number of rotatable bonds is 6. The van der Waals surface area contributed by atoms with Gasteiger partial charge in [-0.1, -0.05) is 41.9 Å². The molecule has 2 aromatic carbocycles. The van der Waals surface area contributed by atoms with Gasteiger partial charge in [-0.25, -0.2) is 0 Å². The number of nitrogens with one attached hydrogen (secondary N) is 1. The van der Waals surface area contributed by atoms with Gasteiger partial charge in [0, 0.05) is 23.0 Å². The Hall–Kier alpha value is -3.09. The molecule has 0 aliphatic rings. The number of carbonyl (C=O) groups excluding carboxylic acids is 2. The van der Waals surface area contributed by atoms with E-state index in [2.05, 4.69) is 5.32 Å². The molecule has 4 rings (SSSR count).